The van der Waals surface area contributed by atoms with E-state index in [9.17, 15) is 14.7 Å². The molecular formula is C16H27NO4. The van der Waals surface area contributed by atoms with E-state index in [1.807, 2.05) is 0 Å². The zero-order valence-corrected chi connectivity index (χ0v) is 12.9. The monoisotopic (exact) mass is 297 g/mol. The lowest BCUT2D eigenvalue weighted by Crippen LogP contribution is -2.30. The number of nitrogens with one attached hydrogen (secondary N) is 1. The summed E-state index contributed by atoms with van der Waals surface area (Å²) >= 11 is 0. The van der Waals surface area contributed by atoms with Crippen LogP contribution in [0.1, 0.15) is 64.7 Å². The molecule has 3 N–H and O–H groups in total. The highest BCUT2D eigenvalue weighted by atomic mass is 16.3. The average Bonchev–Trinajstić information content (AvgIpc) is 2.73. The van der Waals surface area contributed by atoms with E-state index in [0.717, 1.165) is 19.3 Å². The molecule has 0 aromatic rings. The first-order chi connectivity index (χ1) is 10.1. The first-order valence-electron chi connectivity index (χ1n) is 7.99. The van der Waals surface area contributed by atoms with Crippen molar-refractivity contribution in [3.8, 4) is 0 Å². The number of carbonyl (C=O) groups is 2. The number of aliphatic hydroxyl groups excluding tert-OH is 2. The van der Waals surface area contributed by atoms with Gasteiger partial charge in [-0.05, 0) is 12.8 Å². The van der Waals surface area contributed by atoms with Crippen LogP contribution in [-0.4, -0.2) is 34.6 Å². The van der Waals surface area contributed by atoms with Gasteiger partial charge in [-0.2, -0.15) is 0 Å². The summed E-state index contributed by atoms with van der Waals surface area (Å²) in [5, 5.41) is 21.2. The van der Waals surface area contributed by atoms with E-state index in [-0.39, 0.29) is 30.1 Å². The molecule has 1 rings (SSSR count). The van der Waals surface area contributed by atoms with Gasteiger partial charge in [-0.3, -0.25) is 9.59 Å². The number of hydrogen-bond donors (Lipinski definition) is 3. The van der Waals surface area contributed by atoms with Crippen molar-refractivity contribution >= 4 is 11.7 Å². The molecule has 1 aliphatic rings. The van der Waals surface area contributed by atoms with E-state index >= 15 is 0 Å². The number of unbranched alkanes of at least 4 members (excludes halogenated alkanes) is 6. The van der Waals surface area contributed by atoms with Crippen LogP contribution >= 0.6 is 0 Å². The van der Waals surface area contributed by atoms with Crippen LogP contribution in [-0.2, 0) is 9.59 Å². The molecule has 1 heterocycles. The van der Waals surface area contributed by atoms with Crippen LogP contribution in [0.5, 0.6) is 0 Å². The highest BCUT2D eigenvalue weighted by molar-refractivity contribution is 6.21. The molecule has 0 aromatic heterocycles. The van der Waals surface area contributed by atoms with E-state index in [0.29, 0.717) is 6.42 Å². The number of hydrogen-bond acceptors (Lipinski definition) is 4. The Balaban J connectivity index is 2.32. The van der Waals surface area contributed by atoms with E-state index < -0.39 is 11.9 Å². The van der Waals surface area contributed by atoms with Crippen LogP contribution in [0, 0.1) is 0 Å². The fourth-order valence-electron chi connectivity index (χ4n) is 2.56. The van der Waals surface area contributed by atoms with Crippen molar-refractivity contribution in [1.29, 1.82) is 0 Å². The van der Waals surface area contributed by atoms with Crippen molar-refractivity contribution in [2.75, 3.05) is 6.61 Å². The fraction of sp³-hybridized carbons (Fsp3) is 0.750. The van der Waals surface area contributed by atoms with E-state index in [1.54, 1.807) is 0 Å². The largest absolute Gasteiger partial charge is 0.509 e. The quantitative estimate of drug-likeness (QED) is 0.404. The molecule has 1 atom stereocenters. The molecule has 0 aliphatic carbocycles. The maximum Gasteiger partial charge on any atom is 0.259 e. The Labute approximate surface area is 126 Å². The Morgan fingerprint density at radius 1 is 1.14 bits per heavy atom. The summed E-state index contributed by atoms with van der Waals surface area (Å²) in [7, 11) is 0. The lowest BCUT2D eigenvalue weighted by atomic mass is 10.0. The molecule has 0 aromatic carbocycles. The summed E-state index contributed by atoms with van der Waals surface area (Å²) in [6.45, 7) is 2.03. The third kappa shape index (κ3) is 5.50. The minimum Gasteiger partial charge on any atom is -0.509 e. The number of aliphatic hydroxyl groups is 2. The van der Waals surface area contributed by atoms with Gasteiger partial charge in [0, 0.05) is 13.0 Å². The molecule has 5 heteroatoms. The molecule has 120 valence electrons. The normalized spacial score (nSPS) is 18.2. The Bertz CT molecular complexity index is 390. The van der Waals surface area contributed by atoms with Crippen molar-refractivity contribution in [2.24, 2.45) is 0 Å². The van der Waals surface area contributed by atoms with Gasteiger partial charge in [0.15, 0.2) is 5.78 Å². The third-order valence-corrected chi connectivity index (χ3v) is 3.82. The van der Waals surface area contributed by atoms with Crippen molar-refractivity contribution in [2.45, 2.75) is 70.8 Å². The van der Waals surface area contributed by atoms with E-state index in [4.69, 9.17) is 5.11 Å². The molecule has 0 fully saturated rings. The number of Topliss-reactive ketones (excluding diaryl/α,β-unsaturated/α-hetero) is 1. The standard InChI is InChI=1S/C16H27NO4/c1-2-3-4-5-6-7-8-9-13(19)14-15(20)12(10-11-18)17-16(14)21/h12,18,20H,2-11H2,1H3,(H,17,21). The summed E-state index contributed by atoms with van der Waals surface area (Å²) in [6, 6.07) is -0.615. The van der Waals surface area contributed by atoms with Crippen molar-refractivity contribution in [3.63, 3.8) is 0 Å². The SMILES string of the molecule is CCCCCCCCCC(=O)C1=C(O)C(CCO)NC1=O. The molecule has 0 radical (unpaired) electrons. The van der Waals surface area contributed by atoms with Crippen molar-refractivity contribution in [1.82, 2.24) is 5.32 Å². The lowest BCUT2D eigenvalue weighted by Gasteiger charge is -2.07. The van der Waals surface area contributed by atoms with Gasteiger partial charge in [0.2, 0.25) is 0 Å². The Morgan fingerprint density at radius 3 is 2.38 bits per heavy atom. The highest BCUT2D eigenvalue weighted by Gasteiger charge is 2.34. The van der Waals surface area contributed by atoms with E-state index in [2.05, 4.69) is 12.2 Å². The lowest BCUT2D eigenvalue weighted by molar-refractivity contribution is -0.122. The fourth-order valence-corrected chi connectivity index (χ4v) is 2.56. The molecular weight excluding hydrogens is 270 g/mol. The van der Waals surface area contributed by atoms with Crippen molar-refractivity contribution < 1.29 is 19.8 Å². The number of amides is 1. The number of ketones is 1. The molecule has 0 bridgehead atoms. The van der Waals surface area contributed by atoms with Crippen LogP contribution in [0.3, 0.4) is 0 Å². The van der Waals surface area contributed by atoms with Crippen LogP contribution in [0.2, 0.25) is 0 Å². The summed E-state index contributed by atoms with van der Waals surface area (Å²) in [5.41, 5.74) is -0.112. The van der Waals surface area contributed by atoms with Gasteiger partial charge in [0.1, 0.15) is 11.3 Å². The second-order valence-corrected chi connectivity index (χ2v) is 5.59. The topological polar surface area (TPSA) is 86.6 Å². The molecule has 1 amide bonds. The first kappa shape index (κ1) is 17.7. The molecule has 1 unspecified atom stereocenters. The second kappa shape index (κ2) is 9.55. The first-order valence-corrected chi connectivity index (χ1v) is 7.99. The molecule has 21 heavy (non-hydrogen) atoms. The third-order valence-electron chi connectivity index (χ3n) is 3.82. The summed E-state index contributed by atoms with van der Waals surface area (Å²) in [6.07, 6.45) is 8.26. The molecule has 0 saturated heterocycles. The molecule has 0 spiro atoms. The summed E-state index contributed by atoms with van der Waals surface area (Å²) in [5.74, 6) is -1.01. The second-order valence-electron chi connectivity index (χ2n) is 5.59. The molecule has 5 nitrogen and oxygen atoms in total. The van der Waals surface area contributed by atoms with Gasteiger partial charge in [0.05, 0.1) is 6.04 Å². The van der Waals surface area contributed by atoms with Crippen LogP contribution < -0.4 is 5.32 Å². The maximum absolute atomic E-state index is 12.0. The Kier molecular flexibility index (Phi) is 8.05. The zero-order chi connectivity index (χ0) is 15.7. The van der Waals surface area contributed by atoms with E-state index in [1.165, 1.54) is 25.7 Å². The maximum atomic E-state index is 12.0. The van der Waals surface area contributed by atoms with Gasteiger partial charge >= 0.3 is 0 Å². The Morgan fingerprint density at radius 2 is 1.76 bits per heavy atom. The number of rotatable bonds is 11. The predicted octanol–water partition coefficient (Wildman–Crippen LogP) is 2.39. The minimum atomic E-state index is -0.615. The smallest absolute Gasteiger partial charge is 0.259 e. The van der Waals surface area contributed by atoms with Gasteiger partial charge in [-0.1, -0.05) is 45.4 Å². The average molecular weight is 297 g/mol. The zero-order valence-electron chi connectivity index (χ0n) is 12.9. The summed E-state index contributed by atoms with van der Waals surface area (Å²) < 4.78 is 0. The minimum absolute atomic E-state index is 0.112. The molecule has 1 aliphatic heterocycles. The van der Waals surface area contributed by atoms with Crippen molar-refractivity contribution in [3.05, 3.63) is 11.3 Å². The molecule has 0 saturated carbocycles. The van der Waals surface area contributed by atoms with Gasteiger partial charge in [-0.25, -0.2) is 0 Å². The van der Waals surface area contributed by atoms with Gasteiger partial charge < -0.3 is 15.5 Å². The number of carbonyl (C=O) groups excluding carboxylic acids is 2. The summed E-state index contributed by atoms with van der Waals surface area (Å²) in [4.78, 5) is 23.7. The highest BCUT2D eigenvalue weighted by Crippen LogP contribution is 2.20. The van der Waals surface area contributed by atoms with Gasteiger partial charge in [0.25, 0.3) is 5.91 Å². The van der Waals surface area contributed by atoms with Crippen LogP contribution in [0.25, 0.3) is 0 Å². The van der Waals surface area contributed by atoms with Crippen LogP contribution in [0.4, 0.5) is 0 Å². The van der Waals surface area contributed by atoms with Crippen LogP contribution in [0.15, 0.2) is 11.3 Å². The Hall–Kier alpha value is -1.36. The predicted molar refractivity (Wildman–Crippen MR) is 80.9 cm³/mol. The van der Waals surface area contributed by atoms with Gasteiger partial charge in [-0.15, -0.1) is 0 Å².